The molecule has 1 aromatic rings. The Morgan fingerprint density at radius 2 is 1.78 bits per heavy atom. The summed E-state index contributed by atoms with van der Waals surface area (Å²) in [5.74, 6) is -2.92. The van der Waals surface area contributed by atoms with Gasteiger partial charge >= 0.3 is 11.9 Å². The van der Waals surface area contributed by atoms with E-state index in [1.807, 2.05) is 0 Å². The summed E-state index contributed by atoms with van der Waals surface area (Å²) in [6, 6.07) is 4.01. The standard InChI is InChI=1S/C11H11ClFNO4/c12-8-2-1-7(3-9(8)13)4-14(5-10(15)16)6-11(17)18/h1-3H,4-6H2,(H,15,16)(H,17,18). The van der Waals surface area contributed by atoms with Crippen LogP contribution in [0.15, 0.2) is 18.2 Å². The SMILES string of the molecule is O=C(O)CN(CC(=O)O)Cc1ccc(Cl)c(F)c1. The number of aliphatic carboxylic acids is 2. The topological polar surface area (TPSA) is 77.8 Å². The second-order valence-corrected chi connectivity index (χ2v) is 4.09. The molecular weight excluding hydrogens is 265 g/mol. The molecule has 0 saturated carbocycles. The maximum Gasteiger partial charge on any atom is 0.317 e. The normalized spacial score (nSPS) is 10.6. The van der Waals surface area contributed by atoms with Crippen molar-refractivity contribution >= 4 is 23.5 Å². The zero-order valence-electron chi connectivity index (χ0n) is 9.27. The Labute approximate surface area is 107 Å². The summed E-state index contributed by atoms with van der Waals surface area (Å²) in [6.07, 6.45) is 0. The minimum atomic E-state index is -1.15. The predicted octanol–water partition coefficient (Wildman–Crippen LogP) is 1.45. The lowest BCUT2D eigenvalue weighted by Crippen LogP contribution is -2.33. The Morgan fingerprint density at radius 3 is 2.22 bits per heavy atom. The maximum atomic E-state index is 13.2. The van der Waals surface area contributed by atoms with Crippen molar-refractivity contribution in [2.75, 3.05) is 13.1 Å². The van der Waals surface area contributed by atoms with Crippen molar-refractivity contribution in [3.05, 3.63) is 34.6 Å². The summed E-state index contributed by atoms with van der Waals surface area (Å²) in [4.78, 5) is 22.3. The number of benzene rings is 1. The monoisotopic (exact) mass is 275 g/mol. The van der Waals surface area contributed by atoms with Crippen LogP contribution in [0.5, 0.6) is 0 Å². The first-order chi connectivity index (χ1) is 8.38. The van der Waals surface area contributed by atoms with Crippen LogP contribution in [0.1, 0.15) is 5.56 Å². The van der Waals surface area contributed by atoms with Crippen molar-refractivity contribution in [1.82, 2.24) is 4.90 Å². The zero-order valence-corrected chi connectivity index (χ0v) is 10.0. The van der Waals surface area contributed by atoms with E-state index in [9.17, 15) is 14.0 Å². The van der Waals surface area contributed by atoms with Crippen LogP contribution in [0.4, 0.5) is 4.39 Å². The molecule has 0 heterocycles. The van der Waals surface area contributed by atoms with E-state index in [-0.39, 0.29) is 11.6 Å². The Kier molecular flexibility index (Phi) is 5.06. The van der Waals surface area contributed by atoms with Crippen molar-refractivity contribution < 1.29 is 24.2 Å². The first kappa shape index (κ1) is 14.4. The highest BCUT2D eigenvalue weighted by molar-refractivity contribution is 6.30. The first-order valence-corrected chi connectivity index (χ1v) is 5.36. The van der Waals surface area contributed by atoms with Gasteiger partial charge in [-0.1, -0.05) is 17.7 Å². The van der Waals surface area contributed by atoms with Gasteiger partial charge in [0.05, 0.1) is 18.1 Å². The molecule has 5 nitrogen and oxygen atoms in total. The fourth-order valence-electron chi connectivity index (χ4n) is 1.45. The van der Waals surface area contributed by atoms with Gasteiger partial charge in [0.25, 0.3) is 0 Å². The minimum absolute atomic E-state index is 0.0205. The molecule has 18 heavy (non-hydrogen) atoms. The fraction of sp³-hybridized carbons (Fsp3) is 0.273. The van der Waals surface area contributed by atoms with Gasteiger partial charge in [-0.05, 0) is 17.7 Å². The third-order valence-corrected chi connectivity index (χ3v) is 2.41. The van der Waals surface area contributed by atoms with Gasteiger partial charge in [0.1, 0.15) is 5.82 Å². The van der Waals surface area contributed by atoms with Crippen LogP contribution >= 0.6 is 11.6 Å². The highest BCUT2D eigenvalue weighted by atomic mass is 35.5. The van der Waals surface area contributed by atoms with Crippen LogP contribution in [-0.4, -0.2) is 40.1 Å². The summed E-state index contributed by atoms with van der Waals surface area (Å²) in [6.45, 7) is -0.847. The molecule has 0 aliphatic rings. The average Bonchev–Trinajstić information content (AvgIpc) is 2.21. The number of hydrogen-bond acceptors (Lipinski definition) is 3. The quantitative estimate of drug-likeness (QED) is 0.822. The van der Waals surface area contributed by atoms with Gasteiger partial charge in [0.15, 0.2) is 0 Å². The second-order valence-electron chi connectivity index (χ2n) is 3.68. The van der Waals surface area contributed by atoms with Crippen molar-refractivity contribution in [2.45, 2.75) is 6.54 Å². The average molecular weight is 276 g/mol. The Bertz CT molecular complexity index is 450. The molecule has 0 saturated heterocycles. The molecule has 1 aromatic carbocycles. The highest BCUT2D eigenvalue weighted by Crippen LogP contribution is 2.16. The summed E-state index contributed by atoms with van der Waals surface area (Å²) in [5, 5.41) is 17.2. The van der Waals surface area contributed by atoms with E-state index >= 15 is 0 Å². The van der Waals surface area contributed by atoms with E-state index in [0.29, 0.717) is 5.56 Å². The van der Waals surface area contributed by atoms with Gasteiger partial charge in [-0.3, -0.25) is 14.5 Å². The third-order valence-electron chi connectivity index (χ3n) is 2.11. The molecule has 98 valence electrons. The van der Waals surface area contributed by atoms with Crippen LogP contribution in [0.3, 0.4) is 0 Å². The lowest BCUT2D eigenvalue weighted by Gasteiger charge is -2.17. The lowest BCUT2D eigenvalue weighted by atomic mass is 10.2. The van der Waals surface area contributed by atoms with Crippen molar-refractivity contribution in [3.63, 3.8) is 0 Å². The van der Waals surface area contributed by atoms with Gasteiger partial charge in [-0.25, -0.2) is 4.39 Å². The van der Waals surface area contributed by atoms with E-state index < -0.39 is 30.8 Å². The Morgan fingerprint density at radius 1 is 1.22 bits per heavy atom. The van der Waals surface area contributed by atoms with Crippen molar-refractivity contribution in [2.24, 2.45) is 0 Å². The number of rotatable bonds is 6. The molecule has 2 N–H and O–H groups in total. The van der Waals surface area contributed by atoms with Crippen LogP contribution in [0, 0.1) is 5.82 Å². The number of carboxylic acid groups (broad SMARTS) is 2. The van der Waals surface area contributed by atoms with Crippen LogP contribution in [0.25, 0.3) is 0 Å². The van der Waals surface area contributed by atoms with Gasteiger partial charge < -0.3 is 10.2 Å². The molecule has 0 unspecified atom stereocenters. The molecule has 0 fully saturated rings. The summed E-state index contributed by atoms with van der Waals surface area (Å²) in [5.41, 5.74) is 0.458. The summed E-state index contributed by atoms with van der Waals surface area (Å²) < 4.78 is 13.2. The molecule has 7 heteroatoms. The molecule has 0 spiro atoms. The first-order valence-electron chi connectivity index (χ1n) is 4.98. The predicted molar refractivity (Wildman–Crippen MR) is 62.0 cm³/mol. The van der Waals surface area contributed by atoms with Gasteiger partial charge in [0, 0.05) is 6.54 Å². The van der Waals surface area contributed by atoms with E-state index in [1.54, 1.807) is 0 Å². The van der Waals surface area contributed by atoms with Crippen LogP contribution in [0.2, 0.25) is 5.02 Å². The van der Waals surface area contributed by atoms with Crippen molar-refractivity contribution in [1.29, 1.82) is 0 Å². The second kappa shape index (κ2) is 6.32. The molecule has 0 amide bonds. The highest BCUT2D eigenvalue weighted by Gasteiger charge is 2.14. The minimum Gasteiger partial charge on any atom is -0.480 e. The van der Waals surface area contributed by atoms with E-state index in [4.69, 9.17) is 21.8 Å². The van der Waals surface area contributed by atoms with Crippen LogP contribution < -0.4 is 0 Å². The molecule has 0 bridgehead atoms. The Hall–Kier alpha value is -1.66. The molecule has 0 aliphatic heterocycles. The Balaban J connectivity index is 2.77. The molecule has 0 atom stereocenters. The molecule has 1 rings (SSSR count). The third kappa shape index (κ3) is 4.68. The smallest absolute Gasteiger partial charge is 0.317 e. The maximum absolute atomic E-state index is 13.2. The largest absolute Gasteiger partial charge is 0.480 e. The number of carbonyl (C=O) groups is 2. The molecule has 0 aromatic heterocycles. The van der Waals surface area contributed by atoms with Crippen LogP contribution in [-0.2, 0) is 16.1 Å². The van der Waals surface area contributed by atoms with E-state index in [2.05, 4.69) is 0 Å². The number of hydrogen-bond donors (Lipinski definition) is 2. The number of carboxylic acids is 2. The lowest BCUT2D eigenvalue weighted by molar-refractivity contribution is -0.142. The molecular formula is C11H11ClFNO4. The summed E-state index contributed by atoms with van der Waals surface area (Å²) in [7, 11) is 0. The van der Waals surface area contributed by atoms with Gasteiger partial charge in [0.2, 0.25) is 0 Å². The van der Waals surface area contributed by atoms with Gasteiger partial charge in [-0.15, -0.1) is 0 Å². The van der Waals surface area contributed by atoms with Crippen molar-refractivity contribution in [3.8, 4) is 0 Å². The number of nitrogens with zero attached hydrogens (tertiary/aromatic N) is 1. The summed E-state index contributed by atoms with van der Waals surface area (Å²) >= 11 is 5.51. The van der Waals surface area contributed by atoms with Gasteiger partial charge in [-0.2, -0.15) is 0 Å². The molecule has 0 aliphatic carbocycles. The fourth-order valence-corrected chi connectivity index (χ4v) is 1.56. The van der Waals surface area contributed by atoms with E-state index in [0.717, 1.165) is 6.07 Å². The zero-order chi connectivity index (χ0) is 13.7. The molecule has 0 radical (unpaired) electrons. The number of halogens is 2. The van der Waals surface area contributed by atoms with E-state index in [1.165, 1.54) is 17.0 Å².